The van der Waals surface area contributed by atoms with Gasteiger partial charge in [0.15, 0.2) is 5.13 Å². The third-order valence-corrected chi connectivity index (χ3v) is 4.50. The van der Waals surface area contributed by atoms with Crippen LogP contribution in [-0.2, 0) is 11.2 Å². The Labute approximate surface area is 140 Å². The van der Waals surface area contributed by atoms with Crippen LogP contribution in [0.25, 0.3) is 0 Å². The maximum absolute atomic E-state index is 11.9. The van der Waals surface area contributed by atoms with Gasteiger partial charge in [-0.25, -0.2) is 4.98 Å². The fourth-order valence-corrected chi connectivity index (χ4v) is 3.14. The maximum Gasteiger partial charge on any atom is 0.267 e. The van der Waals surface area contributed by atoms with Crippen molar-refractivity contribution >= 4 is 45.3 Å². The van der Waals surface area contributed by atoms with Gasteiger partial charge in [0.1, 0.15) is 0 Å². The van der Waals surface area contributed by atoms with E-state index in [1.54, 1.807) is 36.0 Å². The molecule has 0 saturated carbocycles. The Bertz CT molecular complexity index is 800. The Hall–Kier alpha value is -2.58. The molecule has 0 aliphatic heterocycles. The van der Waals surface area contributed by atoms with Crippen molar-refractivity contribution in [2.24, 2.45) is 0 Å². The van der Waals surface area contributed by atoms with E-state index in [1.165, 1.54) is 22.7 Å². The van der Waals surface area contributed by atoms with Crippen LogP contribution in [0.3, 0.4) is 0 Å². The minimum absolute atomic E-state index is 0.147. The van der Waals surface area contributed by atoms with E-state index in [0.717, 1.165) is 0 Å². The number of amides is 2. The monoisotopic (exact) mass is 344 g/mol. The molecule has 0 spiro atoms. The van der Waals surface area contributed by atoms with E-state index >= 15 is 0 Å². The predicted molar refractivity (Wildman–Crippen MR) is 91.0 cm³/mol. The summed E-state index contributed by atoms with van der Waals surface area (Å²) in [5.74, 6) is -0.361. The highest BCUT2D eigenvalue weighted by molar-refractivity contribution is 7.14. The molecule has 0 saturated heterocycles. The number of anilines is 2. The Morgan fingerprint density at radius 1 is 1.09 bits per heavy atom. The van der Waals surface area contributed by atoms with Crippen molar-refractivity contribution in [2.75, 3.05) is 10.6 Å². The SMILES string of the molecule is O=C(Cc1csc(NC(=O)c2cccs2)n1)Nc1ccncc1. The van der Waals surface area contributed by atoms with Gasteiger partial charge in [-0.15, -0.1) is 22.7 Å². The van der Waals surface area contributed by atoms with E-state index in [9.17, 15) is 9.59 Å². The lowest BCUT2D eigenvalue weighted by Crippen LogP contribution is -2.15. The van der Waals surface area contributed by atoms with Crippen LogP contribution < -0.4 is 10.6 Å². The number of nitrogens with zero attached hydrogens (tertiary/aromatic N) is 2. The van der Waals surface area contributed by atoms with Crippen molar-refractivity contribution < 1.29 is 9.59 Å². The van der Waals surface area contributed by atoms with Gasteiger partial charge in [-0.1, -0.05) is 6.07 Å². The molecule has 8 heteroatoms. The Morgan fingerprint density at radius 3 is 2.65 bits per heavy atom. The van der Waals surface area contributed by atoms with E-state index in [0.29, 0.717) is 21.4 Å². The minimum Gasteiger partial charge on any atom is -0.326 e. The van der Waals surface area contributed by atoms with Crippen molar-refractivity contribution in [1.29, 1.82) is 0 Å². The summed E-state index contributed by atoms with van der Waals surface area (Å²) in [6.07, 6.45) is 3.36. The molecule has 3 rings (SSSR count). The Morgan fingerprint density at radius 2 is 1.91 bits per heavy atom. The molecule has 23 heavy (non-hydrogen) atoms. The molecule has 0 fully saturated rings. The smallest absolute Gasteiger partial charge is 0.267 e. The van der Waals surface area contributed by atoms with Gasteiger partial charge in [-0.3, -0.25) is 19.9 Å². The van der Waals surface area contributed by atoms with Crippen LogP contribution in [0.5, 0.6) is 0 Å². The second kappa shape index (κ2) is 7.12. The summed E-state index contributed by atoms with van der Waals surface area (Å²) in [6, 6.07) is 6.99. The second-order valence-corrected chi connectivity index (χ2v) is 6.34. The number of thiophene rings is 1. The van der Waals surface area contributed by atoms with Crippen LogP contribution in [-0.4, -0.2) is 21.8 Å². The summed E-state index contributed by atoms with van der Waals surface area (Å²) in [5.41, 5.74) is 1.30. The molecule has 0 aliphatic rings. The zero-order valence-electron chi connectivity index (χ0n) is 11.9. The third-order valence-electron chi connectivity index (χ3n) is 2.82. The molecule has 0 radical (unpaired) electrons. The molecule has 116 valence electrons. The molecule has 0 bridgehead atoms. The molecule has 0 unspecified atom stereocenters. The number of nitrogens with one attached hydrogen (secondary N) is 2. The number of hydrogen-bond acceptors (Lipinski definition) is 6. The number of carbonyl (C=O) groups is 2. The average molecular weight is 344 g/mol. The summed E-state index contributed by atoms with van der Waals surface area (Å²) in [4.78, 5) is 32.6. The lowest BCUT2D eigenvalue weighted by Gasteiger charge is -2.02. The zero-order chi connectivity index (χ0) is 16.1. The number of hydrogen-bond donors (Lipinski definition) is 2. The van der Waals surface area contributed by atoms with E-state index in [-0.39, 0.29) is 18.2 Å². The van der Waals surface area contributed by atoms with Gasteiger partial charge in [-0.05, 0) is 23.6 Å². The van der Waals surface area contributed by atoms with Crippen LogP contribution in [0, 0.1) is 0 Å². The van der Waals surface area contributed by atoms with Crippen LogP contribution in [0.1, 0.15) is 15.4 Å². The summed E-state index contributed by atoms with van der Waals surface area (Å²) in [6.45, 7) is 0. The van der Waals surface area contributed by atoms with Gasteiger partial charge in [0.2, 0.25) is 5.91 Å². The van der Waals surface area contributed by atoms with Crippen LogP contribution >= 0.6 is 22.7 Å². The largest absolute Gasteiger partial charge is 0.326 e. The minimum atomic E-state index is -0.192. The van der Waals surface area contributed by atoms with Crippen LogP contribution in [0.2, 0.25) is 0 Å². The summed E-state index contributed by atoms with van der Waals surface area (Å²) < 4.78 is 0. The van der Waals surface area contributed by atoms with Crippen molar-refractivity contribution in [3.05, 3.63) is 58.0 Å². The quantitative estimate of drug-likeness (QED) is 0.745. The highest BCUT2D eigenvalue weighted by Gasteiger charge is 2.11. The fraction of sp³-hybridized carbons (Fsp3) is 0.0667. The lowest BCUT2D eigenvalue weighted by atomic mass is 10.3. The van der Waals surface area contributed by atoms with Gasteiger partial charge in [0.25, 0.3) is 5.91 Å². The van der Waals surface area contributed by atoms with Crippen molar-refractivity contribution in [3.8, 4) is 0 Å². The van der Waals surface area contributed by atoms with Crippen molar-refractivity contribution in [2.45, 2.75) is 6.42 Å². The van der Waals surface area contributed by atoms with Gasteiger partial charge in [0, 0.05) is 23.5 Å². The summed E-state index contributed by atoms with van der Waals surface area (Å²) >= 11 is 2.66. The topological polar surface area (TPSA) is 84.0 Å². The Balaban J connectivity index is 1.57. The molecule has 6 nitrogen and oxygen atoms in total. The summed E-state index contributed by atoms with van der Waals surface area (Å²) in [7, 11) is 0. The highest BCUT2D eigenvalue weighted by atomic mass is 32.1. The molecule has 0 aromatic carbocycles. The maximum atomic E-state index is 11.9. The van der Waals surface area contributed by atoms with Gasteiger partial charge >= 0.3 is 0 Å². The lowest BCUT2D eigenvalue weighted by molar-refractivity contribution is -0.115. The fourth-order valence-electron chi connectivity index (χ4n) is 1.82. The number of thiazole rings is 1. The van der Waals surface area contributed by atoms with Crippen molar-refractivity contribution in [1.82, 2.24) is 9.97 Å². The third kappa shape index (κ3) is 4.21. The van der Waals surface area contributed by atoms with Gasteiger partial charge < -0.3 is 5.32 Å². The van der Waals surface area contributed by atoms with Crippen molar-refractivity contribution in [3.63, 3.8) is 0 Å². The molecule has 0 aliphatic carbocycles. The first-order valence-electron chi connectivity index (χ1n) is 6.70. The van der Waals surface area contributed by atoms with E-state index < -0.39 is 0 Å². The summed E-state index contributed by atoms with van der Waals surface area (Å²) in [5, 5.41) is 9.57. The molecule has 3 aromatic rings. The molecular weight excluding hydrogens is 332 g/mol. The Kier molecular flexibility index (Phi) is 4.74. The van der Waals surface area contributed by atoms with E-state index in [2.05, 4.69) is 20.6 Å². The van der Waals surface area contributed by atoms with E-state index in [1.807, 2.05) is 11.4 Å². The molecule has 3 aromatic heterocycles. The normalized spacial score (nSPS) is 10.3. The zero-order valence-corrected chi connectivity index (χ0v) is 13.5. The van der Waals surface area contributed by atoms with E-state index in [4.69, 9.17) is 0 Å². The molecular formula is C15H12N4O2S2. The standard InChI is InChI=1S/C15H12N4O2S2/c20-13(17-10-3-5-16-6-4-10)8-11-9-23-15(18-11)19-14(21)12-2-1-7-22-12/h1-7,9H,8H2,(H,16,17,20)(H,18,19,21). The molecule has 2 N–H and O–H groups in total. The number of pyridine rings is 1. The first-order chi connectivity index (χ1) is 11.2. The number of rotatable bonds is 5. The average Bonchev–Trinajstić information content (AvgIpc) is 3.20. The van der Waals surface area contributed by atoms with Gasteiger partial charge in [0.05, 0.1) is 17.0 Å². The molecule has 3 heterocycles. The first kappa shape index (κ1) is 15.3. The molecule has 2 amide bonds. The first-order valence-corrected chi connectivity index (χ1v) is 8.46. The molecule has 0 atom stereocenters. The highest BCUT2D eigenvalue weighted by Crippen LogP contribution is 2.18. The number of aromatic nitrogens is 2. The predicted octanol–water partition coefficient (Wildman–Crippen LogP) is 3.03. The second-order valence-electron chi connectivity index (χ2n) is 4.54. The van der Waals surface area contributed by atoms with Crippen LogP contribution in [0.4, 0.5) is 10.8 Å². The van der Waals surface area contributed by atoms with Crippen LogP contribution in [0.15, 0.2) is 47.4 Å². The number of carbonyl (C=O) groups excluding carboxylic acids is 2. The van der Waals surface area contributed by atoms with Gasteiger partial charge in [-0.2, -0.15) is 0 Å².